The summed E-state index contributed by atoms with van der Waals surface area (Å²) in [6.07, 6.45) is 3.59. The maximum atomic E-state index is 5.38. The average Bonchev–Trinajstić information content (AvgIpc) is 3.16. The first-order chi connectivity index (χ1) is 9.83. The molecule has 0 spiro atoms. The van der Waals surface area contributed by atoms with E-state index >= 15 is 0 Å². The van der Waals surface area contributed by atoms with Gasteiger partial charge in [0.15, 0.2) is 0 Å². The van der Waals surface area contributed by atoms with E-state index < -0.39 is 0 Å². The molecule has 4 heterocycles. The topological polar surface area (TPSA) is 69.1 Å². The summed E-state index contributed by atoms with van der Waals surface area (Å²) in [5, 5.41) is 6.01. The molecular weight excluding hydrogens is 274 g/mol. The summed E-state index contributed by atoms with van der Waals surface area (Å²) in [5.41, 5.74) is 1.59. The number of hydrogen-bond acceptors (Lipinski definition) is 6. The highest BCUT2D eigenvalue weighted by Crippen LogP contribution is 2.27. The SMILES string of the molecule is Cc1nc2ncccn2c1-c1nc(-c2cccs2)no1. The Morgan fingerprint density at radius 3 is 3.05 bits per heavy atom. The molecule has 20 heavy (non-hydrogen) atoms. The summed E-state index contributed by atoms with van der Waals surface area (Å²) in [7, 11) is 0. The van der Waals surface area contributed by atoms with Gasteiger partial charge in [-0.1, -0.05) is 11.2 Å². The highest BCUT2D eigenvalue weighted by atomic mass is 32.1. The fourth-order valence-electron chi connectivity index (χ4n) is 2.08. The first-order valence-corrected chi connectivity index (χ1v) is 6.88. The van der Waals surface area contributed by atoms with Crippen LogP contribution >= 0.6 is 11.3 Å². The molecular formula is C13H9N5OS. The standard InChI is InChI=1S/C13H9N5OS/c1-8-10(18-6-3-5-14-13(18)15-8)12-16-11(17-19-12)9-4-2-7-20-9/h2-7H,1H3. The van der Waals surface area contributed by atoms with Gasteiger partial charge in [-0.25, -0.2) is 9.97 Å². The number of nitrogens with zero attached hydrogens (tertiary/aromatic N) is 5. The minimum atomic E-state index is 0.450. The van der Waals surface area contributed by atoms with Crippen LogP contribution in [0.5, 0.6) is 0 Å². The number of aromatic nitrogens is 5. The molecule has 4 rings (SSSR count). The Balaban J connectivity index is 1.90. The molecule has 0 aliphatic carbocycles. The molecule has 4 aromatic rings. The van der Waals surface area contributed by atoms with Crippen molar-refractivity contribution in [1.29, 1.82) is 0 Å². The fourth-order valence-corrected chi connectivity index (χ4v) is 2.73. The van der Waals surface area contributed by atoms with Crippen LogP contribution in [0.1, 0.15) is 5.69 Å². The lowest BCUT2D eigenvalue weighted by Gasteiger charge is -1.95. The Kier molecular flexibility index (Phi) is 2.40. The van der Waals surface area contributed by atoms with Crippen molar-refractivity contribution in [3.05, 3.63) is 41.7 Å². The number of aryl methyl sites for hydroxylation is 1. The van der Waals surface area contributed by atoms with Gasteiger partial charge in [0.1, 0.15) is 5.69 Å². The van der Waals surface area contributed by atoms with Gasteiger partial charge in [0.05, 0.1) is 10.6 Å². The predicted molar refractivity (Wildman–Crippen MR) is 74.3 cm³/mol. The molecule has 0 N–H and O–H groups in total. The van der Waals surface area contributed by atoms with E-state index in [1.165, 1.54) is 0 Å². The molecule has 0 amide bonds. The maximum absolute atomic E-state index is 5.38. The number of fused-ring (bicyclic) bond motifs is 1. The first kappa shape index (κ1) is 11.3. The lowest BCUT2D eigenvalue weighted by atomic mass is 10.3. The van der Waals surface area contributed by atoms with Crippen molar-refractivity contribution in [3.63, 3.8) is 0 Å². The van der Waals surface area contributed by atoms with Gasteiger partial charge in [0.25, 0.3) is 5.89 Å². The summed E-state index contributed by atoms with van der Waals surface area (Å²) in [6, 6.07) is 5.76. The Labute approximate surface area is 117 Å². The van der Waals surface area contributed by atoms with Crippen LogP contribution in [0, 0.1) is 6.92 Å². The van der Waals surface area contributed by atoms with E-state index in [-0.39, 0.29) is 0 Å². The zero-order chi connectivity index (χ0) is 13.5. The first-order valence-electron chi connectivity index (χ1n) is 6.00. The van der Waals surface area contributed by atoms with Crippen molar-refractivity contribution in [2.75, 3.05) is 0 Å². The third-order valence-corrected chi connectivity index (χ3v) is 3.81. The van der Waals surface area contributed by atoms with Crippen LogP contribution in [-0.2, 0) is 0 Å². The molecule has 0 bridgehead atoms. The zero-order valence-corrected chi connectivity index (χ0v) is 11.3. The quantitative estimate of drug-likeness (QED) is 0.566. The van der Waals surface area contributed by atoms with Gasteiger partial charge >= 0.3 is 0 Å². The van der Waals surface area contributed by atoms with E-state index in [1.54, 1.807) is 17.5 Å². The summed E-state index contributed by atoms with van der Waals surface area (Å²) >= 11 is 1.57. The summed E-state index contributed by atoms with van der Waals surface area (Å²) in [5.74, 6) is 1.66. The summed E-state index contributed by atoms with van der Waals surface area (Å²) < 4.78 is 7.23. The van der Waals surface area contributed by atoms with E-state index in [0.29, 0.717) is 17.5 Å². The van der Waals surface area contributed by atoms with Crippen molar-refractivity contribution in [3.8, 4) is 22.3 Å². The Morgan fingerprint density at radius 2 is 2.20 bits per heavy atom. The second kappa shape index (κ2) is 4.24. The molecule has 6 nitrogen and oxygen atoms in total. The number of rotatable bonds is 2. The minimum Gasteiger partial charge on any atom is -0.332 e. The highest BCUT2D eigenvalue weighted by molar-refractivity contribution is 7.13. The monoisotopic (exact) mass is 283 g/mol. The van der Waals surface area contributed by atoms with Crippen molar-refractivity contribution >= 4 is 17.1 Å². The van der Waals surface area contributed by atoms with Crippen LogP contribution in [0.3, 0.4) is 0 Å². The molecule has 7 heteroatoms. The molecule has 0 saturated heterocycles. The van der Waals surface area contributed by atoms with Crippen molar-refractivity contribution in [2.45, 2.75) is 6.92 Å². The molecule has 0 aliphatic rings. The molecule has 0 radical (unpaired) electrons. The van der Waals surface area contributed by atoms with E-state index in [4.69, 9.17) is 4.52 Å². The van der Waals surface area contributed by atoms with Crippen molar-refractivity contribution < 1.29 is 4.52 Å². The normalized spacial score (nSPS) is 11.2. The van der Waals surface area contributed by atoms with E-state index in [9.17, 15) is 0 Å². The van der Waals surface area contributed by atoms with E-state index in [0.717, 1.165) is 16.3 Å². The molecule has 98 valence electrons. The van der Waals surface area contributed by atoms with Gasteiger partial charge in [0, 0.05) is 12.4 Å². The van der Waals surface area contributed by atoms with Crippen LogP contribution in [0.25, 0.3) is 28.1 Å². The second-order valence-electron chi connectivity index (χ2n) is 4.24. The lowest BCUT2D eigenvalue weighted by molar-refractivity contribution is 0.430. The highest BCUT2D eigenvalue weighted by Gasteiger charge is 2.18. The largest absolute Gasteiger partial charge is 0.332 e. The zero-order valence-electron chi connectivity index (χ0n) is 10.5. The Bertz CT molecular complexity index is 877. The van der Waals surface area contributed by atoms with Gasteiger partial charge in [-0.3, -0.25) is 4.40 Å². The molecule has 0 unspecified atom stereocenters. The average molecular weight is 283 g/mol. The van der Waals surface area contributed by atoms with Gasteiger partial charge in [-0.05, 0) is 24.4 Å². The van der Waals surface area contributed by atoms with Crippen LogP contribution in [-0.4, -0.2) is 24.5 Å². The van der Waals surface area contributed by atoms with Crippen molar-refractivity contribution in [2.24, 2.45) is 0 Å². The smallest absolute Gasteiger partial charge is 0.277 e. The Morgan fingerprint density at radius 1 is 1.25 bits per heavy atom. The molecule has 4 aromatic heterocycles. The minimum absolute atomic E-state index is 0.450. The number of hydrogen-bond donors (Lipinski definition) is 0. The molecule has 0 saturated carbocycles. The molecule has 0 aromatic carbocycles. The van der Waals surface area contributed by atoms with E-state index in [1.807, 2.05) is 41.1 Å². The number of thiophene rings is 1. The van der Waals surface area contributed by atoms with Crippen LogP contribution in [0.4, 0.5) is 0 Å². The predicted octanol–water partition coefficient (Wildman–Crippen LogP) is 2.82. The third kappa shape index (κ3) is 1.64. The fraction of sp³-hybridized carbons (Fsp3) is 0.0769. The van der Waals surface area contributed by atoms with Crippen molar-refractivity contribution in [1.82, 2.24) is 24.5 Å². The van der Waals surface area contributed by atoms with Crippen LogP contribution in [0.15, 0.2) is 40.5 Å². The van der Waals surface area contributed by atoms with Gasteiger partial charge in [-0.2, -0.15) is 4.98 Å². The van der Waals surface area contributed by atoms with Gasteiger partial charge in [-0.15, -0.1) is 11.3 Å². The maximum Gasteiger partial charge on any atom is 0.277 e. The van der Waals surface area contributed by atoms with Gasteiger partial charge in [0.2, 0.25) is 11.6 Å². The lowest BCUT2D eigenvalue weighted by Crippen LogP contribution is -1.90. The molecule has 0 fully saturated rings. The van der Waals surface area contributed by atoms with Gasteiger partial charge < -0.3 is 4.52 Å². The number of imidazole rings is 1. The van der Waals surface area contributed by atoms with Crippen LogP contribution < -0.4 is 0 Å². The second-order valence-corrected chi connectivity index (χ2v) is 5.18. The van der Waals surface area contributed by atoms with E-state index in [2.05, 4.69) is 20.1 Å². The molecule has 0 atom stereocenters. The summed E-state index contributed by atoms with van der Waals surface area (Å²) in [4.78, 5) is 14.0. The Hall–Kier alpha value is -2.54. The molecule has 0 aliphatic heterocycles. The van der Waals surface area contributed by atoms with Crippen LogP contribution in [0.2, 0.25) is 0 Å². The summed E-state index contributed by atoms with van der Waals surface area (Å²) in [6.45, 7) is 1.90. The third-order valence-electron chi connectivity index (χ3n) is 2.95.